The van der Waals surface area contributed by atoms with Crippen molar-refractivity contribution in [3.8, 4) is 0 Å². The summed E-state index contributed by atoms with van der Waals surface area (Å²) in [6.45, 7) is 1.43. The van der Waals surface area contributed by atoms with E-state index in [1.165, 1.54) is 6.92 Å². The molecule has 0 aliphatic rings. The van der Waals surface area contributed by atoms with Crippen LogP contribution < -0.4 is 5.73 Å². The molecule has 0 saturated heterocycles. The van der Waals surface area contributed by atoms with Gasteiger partial charge in [-0.05, 0) is 12.5 Å². The molecule has 0 bridgehead atoms. The van der Waals surface area contributed by atoms with E-state index in [0.29, 0.717) is 0 Å². The third-order valence-corrected chi connectivity index (χ3v) is 2.69. The van der Waals surface area contributed by atoms with Crippen LogP contribution in [-0.2, 0) is 0 Å². The van der Waals surface area contributed by atoms with Crippen LogP contribution in [0.2, 0.25) is 0 Å². The maximum absolute atomic E-state index is 10.6. The molecule has 6 heteroatoms. The van der Waals surface area contributed by atoms with Crippen molar-refractivity contribution in [3.05, 3.63) is 16.0 Å². The van der Waals surface area contributed by atoms with E-state index in [1.807, 2.05) is 0 Å². The van der Waals surface area contributed by atoms with Crippen molar-refractivity contribution in [1.29, 1.82) is 0 Å². The number of anilines is 1. The number of hydrogen-bond acceptors (Lipinski definition) is 4. The summed E-state index contributed by atoms with van der Waals surface area (Å²) in [5.74, 6) is -2.35. The summed E-state index contributed by atoms with van der Waals surface area (Å²) in [6, 6.07) is 0. The Morgan fingerprint density at radius 1 is 1.31 bits per heavy atom. The second-order valence-electron chi connectivity index (χ2n) is 2.41. The monoisotopic (exact) mass is 201 g/mol. The number of thiophene rings is 1. The van der Waals surface area contributed by atoms with Gasteiger partial charge in [0.25, 0.3) is 0 Å². The van der Waals surface area contributed by atoms with Gasteiger partial charge in [-0.1, -0.05) is 0 Å². The predicted octanol–water partition coefficient (Wildman–Crippen LogP) is 1.04. The summed E-state index contributed by atoms with van der Waals surface area (Å²) in [5, 5.41) is 17.4. The number of carboxylic acid groups (broad SMARTS) is 2. The first-order valence-electron chi connectivity index (χ1n) is 3.30. The Kier molecular flexibility index (Phi) is 2.24. The van der Waals surface area contributed by atoms with Crippen molar-refractivity contribution in [2.24, 2.45) is 0 Å². The minimum atomic E-state index is -1.20. The van der Waals surface area contributed by atoms with E-state index in [-0.39, 0.29) is 21.0 Å². The van der Waals surface area contributed by atoms with E-state index in [2.05, 4.69) is 0 Å². The van der Waals surface area contributed by atoms with Crippen LogP contribution in [0.25, 0.3) is 0 Å². The average molecular weight is 201 g/mol. The minimum absolute atomic E-state index is 0.0186. The van der Waals surface area contributed by atoms with Crippen molar-refractivity contribution < 1.29 is 19.8 Å². The maximum Gasteiger partial charge on any atom is 0.346 e. The number of carbonyl (C=O) groups is 2. The summed E-state index contributed by atoms with van der Waals surface area (Å²) >= 11 is 0.775. The van der Waals surface area contributed by atoms with E-state index >= 15 is 0 Å². The summed E-state index contributed by atoms with van der Waals surface area (Å²) in [7, 11) is 0. The summed E-state index contributed by atoms with van der Waals surface area (Å²) in [4.78, 5) is 21.2. The van der Waals surface area contributed by atoms with Crippen molar-refractivity contribution in [3.63, 3.8) is 0 Å². The Morgan fingerprint density at radius 2 is 1.85 bits per heavy atom. The minimum Gasteiger partial charge on any atom is -0.478 e. The molecule has 0 saturated carbocycles. The lowest BCUT2D eigenvalue weighted by Gasteiger charge is -1.93. The molecule has 0 aliphatic heterocycles. The molecule has 0 aliphatic carbocycles. The second kappa shape index (κ2) is 3.06. The highest BCUT2D eigenvalue weighted by Crippen LogP contribution is 2.30. The van der Waals surface area contributed by atoms with Crippen LogP contribution in [-0.4, -0.2) is 22.2 Å². The van der Waals surface area contributed by atoms with E-state index in [9.17, 15) is 9.59 Å². The van der Waals surface area contributed by atoms with Crippen LogP contribution in [0, 0.1) is 6.92 Å². The number of nitrogen functional groups attached to an aromatic ring is 1. The molecule has 13 heavy (non-hydrogen) atoms. The van der Waals surface area contributed by atoms with Crippen LogP contribution in [0.15, 0.2) is 0 Å². The first-order chi connectivity index (χ1) is 5.95. The lowest BCUT2D eigenvalue weighted by Crippen LogP contribution is -2.02. The molecule has 5 nitrogen and oxygen atoms in total. The third kappa shape index (κ3) is 1.48. The first-order valence-corrected chi connectivity index (χ1v) is 4.12. The van der Waals surface area contributed by atoms with Crippen molar-refractivity contribution in [2.75, 3.05) is 5.73 Å². The van der Waals surface area contributed by atoms with Gasteiger partial charge in [-0.3, -0.25) is 0 Å². The number of aromatic carboxylic acids is 2. The van der Waals surface area contributed by atoms with Gasteiger partial charge < -0.3 is 15.9 Å². The van der Waals surface area contributed by atoms with Gasteiger partial charge >= 0.3 is 11.9 Å². The van der Waals surface area contributed by atoms with E-state index in [0.717, 1.165) is 11.3 Å². The van der Waals surface area contributed by atoms with Gasteiger partial charge in [-0.2, -0.15) is 0 Å². The van der Waals surface area contributed by atoms with Crippen molar-refractivity contribution in [1.82, 2.24) is 0 Å². The molecule has 1 aromatic heterocycles. The summed E-state index contributed by atoms with van der Waals surface area (Å²) < 4.78 is 0. The third-order valence-electron chi connectivity index (χ3n) is 1.58. The molecule has 1 heterocycles. The molecule has 0 aromatic carbocycles. The van der Waals surface area contributed by atoms with Gasteiger partial charge in [0, 0.05) is 0 Å². The molecule has 0 fully saturated rings. The normalized spacial score (nSPS) is 9.92. The lowest BCUT2D eigenvalue weighted by atomic mass is 10.1. The van der Waals surface area contributed by atoms with E-state index in [4.69, 9.17) is 15.9 Å². The largest absolute Gasteiger partial charge is 0.478 e. The smallest absolute Gasteiger partial charge is 0.346 e. The van der Waals surface area contributed by atoms with Crippen LogP contribution >= 0.6 is 11.3 Å². The number of carboxylic acids is 2. The molecular formula is C7H7NO4S. The van der Waals surface area contributed by atoms with E-state index < -0.39 is 11.9 Å². The van der Waals surface area contributed by atoms with Crippen molar-refractivity contribution in [2.45, 2.75) is 6.92 Å². The highest BCUT2D eigenvalue weighted by molar-refractivity contribution is 7.18. The lowest BCUT2D eigenvalue weighted by molar-refractivity contribution is 0.0696. The maximum atomic E-state index is 10.6. The molecule has 0 amide bonds. The standard InChI is InChI=1S/C7H7NO4S/c1-2-3(6(9)10)5(8)13-4(2)7(11)12/h8H2,1H3,(H,9,10)(H,11,12). The molecule has 4 N–H and O–H groups in total. The topological polar surface area (TPSA) is 101 Å². The first kappa shape index (κ1) is 9.53. The molecule has 0 spiro atoms. The Balaban J connectivity index is 3.39. The Hall–Kier alpha value is -1.56. The van der Waals surface area contributed by atoms with Gasteiger partial charge in [0.2, 0.25) is 0 Å². The number of rotatable bonds is 2. The van der Waals surface area contributed by atoms with Gasteiger partial charge in [0.15, 0.2) is 0 Å². The van der Waals surface area contributed by atoms with Crippen molar-refractivity contribution >= 4 is 28.3 Å². The van der Waals surface area contributed by atoms with Crippen LogP contribution in [0.3, 0.4) is 0 Å². The fourth-order valence-electron chi connectivity index (χ4n) is 1.01. The molecule has 0 atom stereocenters. The number of nitrogens with two attached hydrogens (primary N) is 1. The zero-order valence-electron chi connectivity index (χ0n) is 6.70. The Morgan fingerprint density at radius 3 is 2.08 bits per heavy atom. The molecule has 1 aromatic rings. The Labute approximate surface area is 77.4 Å². The highest BCUT2D eigenvalue weighted by Gasteiger charge is 2.21. The molecule has 70 valence electrons. The zero-order valence-corrected chi connectivity index (χ0v) is 7.51. The van der Waals surface area contributed by atoms with Crippen LogP contribution in [0.1, 0.15) is 25.6 Å². The zero-order chi connectivity index (χ0) is 10.2. The molecule has 0 radical (unpaired) electrons. The van der Waals surface area contributed by atoms with Gasteiger partial charge in [-0.15, -0.1) is 11.3 Å². The average Bonchev–Trinajstić information content (AvgIpc) is 2.26. The van der Waals surface area contributed by atoms with Gasteiger partial charge in [0.1, 0.15) is 9.88 Å². The summed E-state index contributed by atoms with van der Waals surface area (Å²) in [6.07, 6.45) is 0. The van der Waals surface area contributed by atoms with Gasteiger partial charge in [0.05, 0.1) is 5.56 Å². The van der Waals surface area contributed by atoms with E-state index in [1.54, 1.807) is 0 Å². The Bertz CT molecular complexity index is 382. The molecule has 1 rings (SSSR count). The number of hydrogen-bond donors (Lipinski definition) is 3. The van der Waals surface area contributed by atoms with Gasteiger partial charge in [-0.25, -0.2) is 9.59 Å². The van der Waals surface area contributed by atoms with Crippen LogP contribution in [0.4, 0.5) is 5.00 Å². The van der Waals surface area contributed by atoms with Crippen LogP contribution in [0.5, 0.6) is 0 Å². The predicted molar refractivity (Wildman–Crippen MR) is 47.4 cm³/mol. The summed E-state index contributed by atoms with van der Waals surface area (Å²) in [5.41, 5.74) is 5.46. The molecule has 0 unspecified atom stereocenters. The quantitative estimate of drug-likeness (QED) is 0.663. The molecular weight excluding hydrogens is 194 g/mol. The fourth-order valence-corrected chi connectivity index (χ4v) is 1.91. The second-order valence-corrected chi connectivity index (χ2v) is 3.46. The fraction of sp³-hybridized carbons (Fsp3) is 0.143. The SMILES string of the molecule is Cc1c(C(=O)O)sc(N)c1C(=O)O. The highest BCUT2D eigenvalue weighted by atomic mass is 32.1.